The predicted octanol–water partition coefficient (Wildman–Crippen LogP) is 3.40. The Hall–Kier alpha value is -1.65. The van der Waals surface area contributed by atoms with Crippen LogP contribution in [0.2, 0.25) is 0 Å². The molecule has 128 valence electrons. The highest BCUT2D eigenvalue weighted by atomic mass is 16.5. The summed E-state index contributed by atoms with van der Waals surface area (Å²) in [5.41, 5.74) is 1.89. The second-order valence-electron chi connectivity index (χ2n) is 7.24. The molecular formula is C20H26N2O2. The fraction of sp³-hybridized carbons (Fsp3) is 0.550. The van der Waals surface area contributed by atoms with Crippen LogP contribution in [-0.2, 0) is 0 Å². The topological polar surface area (TPSA) is 45.6 Å². The Morgan fingerprint density at radius 3 is 2.96 bits per heavy atom. The van der Waals surface area contributed by atoms with Crippen molar-refractivity contribution in [3.05, 3.63) is 36.0 Å². The summed E-state index contributed by atoms with van der Waals surface area (Å²) in [5, 5.41) is 12.2. The van der Waals surface area contributed by atoms with E-state index in [1.54, 1.807) is 13.3 Å². The van der Waals surface area contributed by atoms with Crippen molar-refractivity contribution in [1.29, 1.82) is 0 Å². The minimum atomic E-state index is -0.469. The number of benzene rings is 1. The number of fused-ring (bicyclic) bond motifs is 4. The number of aliphatic hydroxyl groups is 1. The van der Waals surface area contributed by atoms with Crippen molar-refractivity contribution in [2.75, 3.05) is 20.2 Å². The van der Waals surface area contributed by atoms with Gasteiger partial charge >= 0.3 is 0 Å². The van der Waals surface area contributed by atoms with E-state index >= 15 is 0 Å². The quantitative estimate of drug-likeness (QED) is 0.935. The Morgan fingerprint density at radius 2 is 2.25 bits per heavy atom. The Balaban J connectivity index is 1.68. The average molecular weight is 326 g/mol. The molecule has 1 N–H and O–H groups in total. The Labute approximate surface area is 143 Å². The van der Waals surface area contributed by atoms with Crippen molar-refractivity contribution in [3.63, 3.8) is 0 Å². The van der Waals surface area contributed by atoms with Crippen molar-refractivity contribution in [1.82, 2.24) is 9.88 Å². The van der Waals surface area contributed by atoms with Gasteiger partial charge in [0.15, 0.2) is 0 Å². The summed E-state index contributed by atoms with van der Waals surface area (Å²) in [6, 6.07) is 8.07. The summed E-state index contributed by atoms with van der Waals surface area (Å²) < 4.78 is 5.36. The van der Waals surface area contributed by atoms with Gasteiger partial charge in [-0.1, -0.05) is 13.3 Å². The van der Waals surface area contributed by atoms with Crippen LogP contribution in [0.25, 0.3) is 10.9 Å². The third-order valence-corrected chi connectivity index (χ3v) is 6.13. The Morgan fingerprint density at radius 1 is 1.38 bits per heavy atom. The van der Waals surface area contributed by atoms with Crippen molar-refractivity contribution >= 4 is 10.9 Å². The van der Waals surface area contributed by atoms with E-state index in [2.05, 4.69) is 16.8 Å². The van der Waals surface area contributed by atoms with Crippen LogP contribution >= 0.6 is 0 Å². The summed E-state index contributed by atoms with van der Waals surface area (Å²) >= 11 is 0. The largest absolute Gasteiger partial charge is 0.497 e. The molecule has 5 atom stereocenters. The first-order valence-electron chi connectivity index (χ1n) is 9.06. The van der Waals surface area contributed by atoms with Crippen LogP contribution in [0.1, 0.15) is 37.9 Å². The lowest BCUT2D eigenvalue weighted by Gasteiger charge is -2.51. The molecule has 0 amide bonds. The van der Waals surface area contributed by atoms with Crippen LogP contribution < -0.4 is 4.74 Å². The normalized spacial score (nSPS) is 30.5. The first-order chi connectivity index (χ1) is 11.7. The fourth-order valence-corrected chi connectivity index (χ4v) is 4.71. The monoisotopic (exact) mass is 326 g/mol. The van der Waals surface area contributed by atoms with Crippen molar-refractivity contribution in [2.24, 2.45) is 11.8 Å². The van der Waals surface area contributed by atoms with Gasteiger partial charge in [-0.2, -0.15) is 0 Å². The van der Waals surface area contributed by atoms with Crippen molar-refractivity contribution < 1.29 is 9.84 Å². The van der Waals surface area contributed by atoms with Gasteiger partial charge in [-0.15, -0.1) is 0 Å². The molecule has 24 heavy (non-hydrogen) atoms. The van der Waals surface area contributed by atoms with Gasteiger partial charge in [-0.3, -0.25) is 9.88 Å². The maximum Gasteiger partial charge on any atom is 0.119 e. The average Bonchev–Trinajstić information content (AvgIpc) is 2.66. The second-order valence-corrected chi connectivity index (χ2v) is 7.24. The molecule has 4 nitrogen and oxygen atoms in total. The van der Waals surface area contributed by atoms with Gasteiger partial charge in [0, 0.05) is 24.2 Å². The molecule has 1 aromatic carbocycles. The lowest BCUT2D eigenvalue weighted by atomic mass is 9.72. The molecule has 3 aliphatic heterocycles. The van der Waals surface area contributed by atoms with E-state index in [0.29, 0.717) is 0 Å². The maximum absolute atomic E-state index is 11.2. The van der Waals surface area contributed by atoms with Crippen molar-refractivity contribution in [2.45, 2.75) is 38.3 Å². The van der Waals surface area contributed by atoms with Crippen LogP contribution in [0.3, 0.4) is 0 Å². The third kappa shape index (κ3) is 2.58. The number of aromatic nitrogens is 1. The zero-order valence-corrected chi connectivity index (χ0v) is 14.5. The van der Waals surface area contributed by atoms with Gasteiger partial charge in [-0.05, 0) is 61.1 Å². The van der Waals surface area contributed by atoms with E-state index in [9.17, 15) is 5.11 Å². The number of hydrogen-bond donors (Lipinski definition) is 1. The smallest absolute Gasteiger partial charge is 0.119 e. The van der Waals surface area contributed by atoms with E-state index in [0.717, 1.165) is 53.6 Å². The van der Waals surface area contributed by atoms with Gasteiger partial charge in [0.2, 0.25) is 0 Å². The number of ether oxygens (including phenoxy) is 1. The zero-order valence-electron chi connectivity index (χ0n) is 14.5. The van der Waals surface area contributed by atoms with Crippen LogP contribution in [0.15, 0.2) is 30.5 Å². The van der Waals surface area contributed by atoms with Crippen molar-refractivity contribution in [3.8, 4) is 5.75 Å². The summed E-state index contributed by atoms with van der Waals surface area (Å²) in [7, 11) is 1.67. The molecule has 2 bridgehead atoms. The number of rotatable bonds is 4. The van der Waals surface area contributed by atoms with Gasteiger partial charge in [0.1, 0.15) is 5.75 Å². The number of nitrogens with zero attached hydrogens (tertiary/aromatic N) is 2. The van der Waals surface area contributed by atoms with Gasteiger partial charge in [-0.25, -0.2) is 0 Å². The molecule has 0 aliphatic carbocycles. The summed E-state index contributed by atoms with van der Waals surface area (Å²) in [5.74, 6) is 2.37. The van der Waals surface area contributed by atoms with E-state index < -0.39 is 6.10 Å². The molecule has 3 unspecified atom stereocenters. The highest BCUT2D eigenvalue weighted by molar-refractivity contribution is 5.83. The highest BCUT2D eigenvalue weighted by Crippen LogP contribution is 2.42. The summed E-state index contributed by atoms with van der Waals surface area (Å²) in [4.78, 5) is 6.94. The number of piperidine rings is 3. The van der Waals surface area contributed by atoms with Crippen LogP contribution in [0, 0.1) is 11.8 Å². The van der Waals surface area contributed by atoms with E-state index in [4.69, 9.17) is 4.74 Å². The molecule has 3 saturated heterocycles. The Kier molecular flexibility index (Phi) is 4.19. The molecular weight excluding hydrogens is 300 g/mol. The molecule has 0 spiro atoms. The molecule has 4 heterocycles. The molecule has 5 rings (SSSR count). The SMILES string of the molecule is CC[C@@H]1CN2CCC1C[C@H]2C(O)c1ccnc2ccc(OC)cc12. The minimum Gasteiger partial charge on any atom is -0.497 e. The summed E-state index contributed by atoms with van der Waals surface area (Å²) in [6.45, 7) is 4.55. The van der Waals surface area contributed by atoms with Crippen LogP contribution in [0.4, 0.5) is 0 Å². The Bertz CT molecular complexity index is 733. The number of pyridine rings is 1. The highest BCUT2D eigenvalue weighted by Gasteiger charge is 2.42. The molecule has 1 aromatic heterocycles. The molecule has 0 saturated carbocycles. The third-order valence-electron chi connectivity index (χ3n) is 6.13. The van der Waals surface area contributed by atoms with Gasteiger partial charge in [0.05, 0.1) is 18.7 Å². The number of aliphatic hydroxyl groups excluding tert-OH is 1. The zero-order chi connectivity index (χ0) is 16.7. The predicted molar refractivity (Wildman–Crippen MR) is 95.1 cm³/mol. The molecule has 4 heteroatoms. The maximum atomic E-state index is 11.2. The molecule has 3 aliphatic rings. The van der Waals surface area contributed by atoms with E-state index in [-0.39, 0.29) is 6.04 Å². The minimum absolute atomic E-state index is 0.225. The molecule has 0 radical (unpaired) electrons. The van der Waals surface area contributed by atoms with Crippen LogP contribution in [0.5, 0.6) is 5.75 Å². The van der Waals surface area contributed by atoms with E-state index in [1.165, 1.54) is 12.8 Å². The first kappa shape index (κ1) is 15.9. The standard InChI is InChI=1S/C20H26N2O2/c1-3-13-12-22-9-7-14(13)10-19(22)20(23)16-6-8-21-18-5-4-15(24-2)11-17(16)18/h4-6,8,11,13-14,19-20,23H,3,7,9-10,12H2,1-2H3/t13-,14?,19+,20?/m1/s1. The number of hydrogen-bond acceptors (Lipinski definition) is 4. The fourth-order valence-electron chi connectivity index (χ4n) is 4.71. The van der Waals surface area contributed by atoms with Gasteiger partial charge < -0.3 is 9.84 Å². The number of methoxy groups -OCH3 is 1. The lowest BCUT2D eigenvalue weighted by molar-refractivity contribution is -0.0562. The van der Waals surface area contributed by atoms with E-state index in [1.807, 2.05) is 24.3 Å². The molecule has 3 fully saturated rings. The second kappa shape index (κ2) is 6.34. The summed E-state index contributed by atoms with van der Waals surface area (Å²) in [6.07, 6.45) is 4.97. The first-order valence-corrected chi connectivity index (χ1v) is 9.06. The van der Waals surface area contributed by atoms with Crippen LogP contribution in [-0.4, -0.2) is 41.2 Å². The van der Waals surface area contributed by atoms with Gasteiger partial charge in [0.25, 0.3) is 0 Å². The molecule has 2 aromatic rings. The lowest BCUT2D eigenvalue weighted by Crippen LogP contribution is -2.55.